The number of fused-ring (bicyclic) bond motifs is 3. The van der Waals surface area contributed by atoms with Crippen LogP contribution in [0.4, 0.5) is 34.1 Å². The van der Waals surface area contributed by atoms with Crippen LogP contribution in [0.5, 0.6) is 0 Å². The normalized spacial score (nSPS) is 11.3. The van der Waals surface area contributed by atoms with Crippen molar-refractivity contribution < 1.29 is 0 Å². The third-order valence-electron chi connectivity index (χ3n) is 15.2. The minimum absolute atomic E-state index is 0.717. The Morgan fingerprint density at radius 1 is 0.291 bits per heavy atom. The van der Waals surface area contributed by atoms with Crippen molar-refractivity contribution in [3.8, 4) is 61.8 Å². The number of hydrogen-bond acceptors (Lipinski definition) is 4. The highest BCUT2D eigenvalue weighted by Crippen LogP contribution is 2.43. The molecular weight excluding hydrogens is 959 g/mol. The Bertz CT molecular complexity index is 4000. The van der Waals surface area contributed by atoms with E-state index in [9.17, 15) is 0 Å². The molecule has 0 saturated carbocycles. The van der Waals surface area contributed by atoms with Crippen molar-refractivity contribution in [2.45, 2.75) is 27.7 Å². The van der Waals surface area contributed by atoms with Crippen LogP contribution >= 0.6 is 0 Å². The van der Waals surface area contributed by atoms with Gasteiger partial charge in [-0.25, -0.2) is 9.97 Å². The maximum Gasteiger partial charge on any atom is 0.160 e. The van der Waals surface area contributed by atoms with Crippen LogP contribution in [-0.4, -0.2) is 14.5 Å². The van der Waals surface area contributed by atoms with Gasteiger partial charge in [-0.05, 0) is 164 Å². The summed E-state index contributed by atoms with van der Waals surface area (Å²) in [6.45, 7) is 8.66. The van der Waals surface area contributed by atoms with E-state index in [1.807, 2.05) is 0 Å². The van der Waals surface area contributed by atoms with Crippen LogP contribution in [0.15, 0.2) is 273 Å². The summed E-state index contributed by atoms with van der Waals surface area (Å²) in [5.41, 5.74) is 24.5. The maximum absolute atomic E-state index is 5.12. The van der Waals surface area contributed by atoms with Crippen LogP contribution in [0.2, 0.25) is 0 Å². The van der Waals surface area contributed by atoms with E-state index in [-0.39, 0.29) is 0 Å². The third kappa shape index (κ3) is 9.53. The Morgan fingerprint density at radius 2 is 0.633 bits per heavy atom. The van der Waals surface area contributed by atoms with Crippen LogP contribution < -0.4 is 9.80 Å². The van der Waals surface area contributed by atoms with Crippen molar-refractivity contribution in [1.82, 2.24) is 14.5 Å². The molecule has 13 rings (SSSR count). The molecule has 378 valence electrons. The van der Waals surface area contributed by atoms with E-state index in [2.05, 4.69) is 315 Å². The summed E-state index contributed by atoms with van der Waals surface area (Å²) >= 11 is 0. The monoisotopic (exact) mass is 1020 g/mol. The second-order valence-electron chi connectivity index (χ2n) is 20.6. The van der Waals surface area contributed by atoms with Crippen LogP contribution in [0.1, 0.15) is 22.3 Å². The summed E-state index contributed by atoms with van der Waals surface area (Å²) < 4.78 is 2.42. The number of anilines is 6. The lowest BCUT2D eigenvalue weighted by Crippen LogP contribution is -2.09. The molecule has 11 aromatic carbocycles. The van der Waals surface area contributed by atoms with Gasteiger partial charge in [0, 0.05) is 67.3 Å². The van der Waals surface area contributed by atoms with Crippen molar-refractivity contribution in [3.05, 3.63) is 295 Å². The van der Waals surface area contributed by atoms with E-state index in [4.69, 9.17) is 9.97 Å². The summed E-state index contributed by atoms with van der Waals surface area (Å²) in [6, 6.07) is 98.2. The SMILES string of the molecule is Cc1ccc(-c2cc(-c3ccc(-c4cc(C)c(-c5ccc(-n6c7ccc(N(c8ccccc8)c8ccccc8)cc7c7cc(N(c8ccccc8)c8ccccc8)ccc76)cc5)cc4C)cc3)nc(-c3ccc(C)cc3)n2)cc1. The largest absolute Gasteiger partial charge is 0.310 e. The van der Waals surface area contributed by atoms with Gasteiger partial charge in [-0.2, -0.15) is 0 Å². The third-order valence-corrected chi connectivity index (χ3v) is 15.2. The minimum Gasteiger partial charge on any atom is -0.310 e. The van der Waals surface area contributed by atoms with E-state index < -0.39 is 0 Å². The van der Waals surface area contributed by atoms with E-state index in [1.165, 1.54) is 55.3 Å². The highest BCUT2D eigenvalue weighted by atomic mass is 15.1. The molecule has 2 heterocycles. The van der Waals surface area contributed by atoms with E-state index >= 15 is 0 Å². The van der Waals surface area contributed by atoms with Gasteiger partial charge in [0.15, 0.2) is 5.82 Å². The predicted octanol–water partition coefficient (Wildman–Crippen LogP) is 20.1. The van der Waals surface area contributed by atoms with Crippen LogP contribution in [0.3, 0.4) is 0 Å². The van der Waals surface area contributed by atoms with Crippen molar-refractivity contribution in [2.75, 3.05) is 9.80 Å². The first-order chi connectivity index (χ1) is 38.8. The molecular formula is C74H57N5. The fraction of sp³-hybridized carbons (Fsp3) is 0.0541. The standard InChI is InChI=1S/C74H57N5/c1-50-25-29-56(30-26-50)70-49-71(76-74(75-70)58-31-27-51(2)28-32-58)57-35-33-54(34-36-57)66-45-53(4)67(46-52(66)3)55-37-39-63(40-38-55)79-72-43-41-64(77(59-17-9-5-10-18-59)60-19-11-6-12-20-60)47-68(72)69-48-65(42-44-73(69)79)78(61-21-13-7-14-22-61)62-23-15-8-16-24-62/h5-49H,1-4H3. The van der Waals surface area contributed by atoms with Gasteiger partial charge in [0.2, 0.25) is 0 Å². The predicted molar refractivity (Wildman–Crippen MR) is 332 cm³/mol. The average molecular weight is 1020 g/mol. The van der Waals surface area contributed by atoms with Gasteiger partial charge in [0.25, 0.3) is 0 Å². The Morgan fingerprint density at radius 3 is 1.03 bits per heavy atom. The van der Waals surface area contributed by atoms with E-state index in [0.29, 0.717) is 0 Å². The number of rotatable bonds is 12. The van der Waals surface area contributed by atoms with Crippen LogP contribution in [-0.2, 0) is 0 Å². The number of benzene rings is 11. The van der Waals surface area contributed by atoms with Crippen LogP contribution in [0.25, 0.3) is 83.6 Å². The smallest absolute Gasteiger partial charge is 0.160 e. The first-order valence-corrected chi connectivity index (χ1v) is 27.0. The molecule has 0 aliphatic heterocycles. The summed E-state index contributed by atoms with van der Waals surface area (Å²) in [5, 5.41) is 2.34. The molecule has 0 unspecified atom stereocenters. The summed E-state index contributed by atoms with van der Waals surface area (Å²) in [7, 11) is 0. The van der Waals surface area contributed by atoms with Crippen LogP contribution in [0, 0.1) is 27.7 Å². The Labute approximate surface area is 462 Å². The molecule has 0 spiro atoms. The maximum atomic E-state index is 5.12. The zero-order valence-corrected chi connectivity index (χ0v) is 44.7. The second-order valence-corrected chi connectivity index (χ2v) is 20.6. The molecule has 0 N–H and O–H groups in total. The fourth-order valence-corrected chi connectivity index (χ4v) is 11.1. The number of aromatic nitrogens is 3. The zero-order chi connectivity index (χ0) is 53.4. The zero-order valence-electron chi connectivity index (χ0n) is 44.7. The summed E-state index contributed by atoms with van der Waals surface area (Å²) in [4.78, 5) is 14.9. The highest BCUT2D eigenvalue weighted by Gasteiger charge is 2.21. The molecule has 0 amide bonds. The topological polar surface area (TPSA) is 37.2 Å². The molecule has 5 nitrogen and oxygen atoms in total. The lowest BCUT2D eigenvalue weighted by molar-refractivity contribution is 1.18. The van der Waals surface area contributed by atoms with E-state index in [1.54, 1.807) is 0 Å². The Balaban J connectivity index is 0.862. The molecule has 0 aliphatic rings. The van der Waals surface area contributed by atoms with Gasteiger partial charge in [-0.3, -0.25) is 0 Å². The van der Waals surface area contributed by atoms with Gasteiger partial charge in [-0.1, -0.05) is 181 Å². The van der Waals surface area contributed by atoms with Crippen molar-refractivity contribution in [2.24, 2.45) is 0 Å². The van der Waals surface area contributed by atoms with Gasteiger partial charge < -0.3 is 14.4 Å². The molecule has 0 saturated heterocycles. The lowest BCUT2D eigenvalue weighted by Gasteiger charge is -2.26. The second kappa shape index (κ2) is 20.8. The summed E-state index contributed by atoms with van der Waals surface area (Å²) in [5.74, 6) is 0.717. The average Bonchev–Trinajstić information content (AvgIpc) is 4.09. The Hall–Kier alpha value is -10.1. The fourth-order valence-electron chi connectivity index (χ4n) is 11.1. The Kier molecular flexibility index (Phi) is 12.8. The molecule has 0 radical (unpaired) electrons. The van der Waals surface area contributed by atoms with Gasteiger partial charge in [-0.15, -0.1) is 0 Å². The molecule has 13 aromatic rings. The number of para-hydroxylation sites is 4. The molecule has 0 aliphatic carbocycles. The number of aryl methyl sites for hydroxylation is 4. The molecule has 2 aromatic heterocycles. The van der Waals surface area contributed by atoms with Gasteiger partial charge in [0.05, 0.1) is 22.4 Å². The van der Waals surface area contributed by atoms with Crippen molar-refractivity contribution in [1.29, 1.82) is 0 Å². The summed E-state index contributed by atoms with van der Waals surface area (Å²) in [6.07, 6.45) is 0. The quantitative estimate of drug-likeness (QED) is 0.122. The minimum atomic E-state index is 0.717. The molecule has 79 heavy (non-hydrogen) atoms. The number of nitrogens with zero attached hydrogens (tertiary/aromatic N) is 5. The van der Waals surface area contributed by atoms with Gasteiger partial charge >= 0.3 is 0 Å². The molecule has 0 fully saturated rings. The molecule has 0 bridgehead atoms. The lowest BCUT2D eigenvalue weighted by atomic mass is 9.91. The molecule has 5 heteroatoms. The van der Waals surface area contributed by atoms with Crippen molar-refractivity contribution >= 4 is 55.9 Å². The van der Waals surface area contributed by atoms with Crippen molar-refractivity contribution in [3.63, 3.8) is 0 Å². The first kappa shape index (κ1) is 48.5. The van der Waals surface area contributed by atoms with E-state index in [0.717, 1.165) is 84.7 Å². The number of hydrogen-bond donors (Lipinski definition) is 0. The molecule has 0 atom stereocenters. The van der Waals surface area contributed by atoms with Gasteiger partial charge in [0.1, 0.15) is 0 Å². The highest BCUT2D eigenvalue weighted by molar-refractivity contribution is 6.12. The first-order valence-electron chi connectivity index (χ1n) is 27.0.